The molecule has 3 rings (SSSR count). The van der Waals surface area contributed by atoms with Crippen LogP contribution in [0, 0.1) is 20.8 Å². The van der Waals surface area contributed by atoms with Gasteiger partial charge < -0.3 is 10.2 Å². The molecular weight excluding hydrogens is 438 g/mol. The van der Waals surface area contributed by atoms with Crippen molar-refractivity contribution in [1.29, 1.82) is 0 Å². The Bertz CT molecular complexity index is 1110. The number of hydrogen-bond acceptors (Lipinski definition) is 4. The van der Waals surface area contributed by atoms with E-state index in [2.05, 4.69) is 5.32 Å². The first-order valence-corrected chi connectivity index (χ1v) is 12.8. The van der Waals surface area contributed by atoms with Gasteiger partial charge in [0, 0.05) is 45.6 Å². The highest BCUT2D eigenvalue weighted by Crippen LogP contribution is 2.22. The predicted molar refractivity (Wildman–Crippen MR) is 128 cm³/mol. The Kier molecular flexibility index (Phi) is 8.26. The molecule has 0 spiro atoms. The van der Waals surface area contributed by atoms with Crippen molar-refractivity contribution in [3.05, 3.63) is 64.7 Å². The summed E-state index contributed by atoms with van der Waals surface area (Å²) >= 11 is 0. The molecule has 1 saturated heterocycles. The largest absolute Gasteiger partial charge is 0.356 e. The van der Waals surface area contributed by atoms with Crippen molar-refractivity contribution in [3.8, 4) is 0 Å². The number of nitrogens with one attached hydrogen (secondary N) is 1. The molecule has 1 aliphatic rings. The van der Waals surface area contributed by atoms with Crippen molar-refractivity contribution >= 4 is 21.8 Å². The van der Waals surface area contributed by atoms with Crippen LogP contribution >= 0.6 is 0 Å². The minimum atomic E-state index is -3.60. The number of piperazine rings is 1. The molecular formula is C25H33N3O4S. The summed E-state index contributed by atoms with van der Waals surface area (Å²) in [5.41, 5.74) is 4.00. The SMILES string of the molecule is Cc1ccc(C)c(S(=O)(=O)N2CCN(C(=O)CCC(=O)NCCc3ccccc3C)CC2)c1. The molecule has 2 aromatic carbocycles. The Morgan fingerprint density at radius 1 is 0.909 bits per heavy atom. The maximum atomic E-state index is 13.0. The first-order chi connectivity index (χ1) is 15.7. The van der Waals surface area contributed by atoms with Crippen LogP contribution in [0.3, 0.4) is 0 Å². The van der Waals surface area contributed by atoms with E-state index in [1.54, 1.807) is 17.9 Å². The third-order valence-electron chi connectivity index (χ3n) is 6.10. The highest BCUT2D eigenvalue weighted by molar-refractivity contribution is 7.89. The van der Waals surface area contributed by atoms with E-state index >= 15 is 0 Å². The van der Waals surface area contributed by atoms with Gasteiger partial charge in [0.05, 0.1) is 4.90 Å². The molecule has 1 heterocycles. The molecule has 0 aromatic heterocycles. The van der Waals surface area contributed by atoms with Crippen molar-refractivity contribution < 1.29 is 18.0 Å². The molecule has 0 atom stereocenters. The summed E-state index contributed by atoms with van der Waals surface area (Å²) in [7, 11) is -3.60. The van der Waals surface area contributed by atoms with Gasteiger partial charge in [0.1, 0.15) is 0 Å². The summed E-state index contributed by atoms with van der Waals surface area (Å²) in [5.74, 6) is -0.263. The van der Waals surface area contributed by atoms with E-state index in [0.29, 0.717) is 30.1 Å². The normalized spacial score (nSPS) is 14.8. The zero-order valence-corrected chi connectivity index (χ0v) is 20.5. The standard InChI is InChI=1S/C25H33N3O4S/c1-19-8-9-21(3)23(18-19)33(31,32)28-16-14-27(15-17-28)25(30)11-10-24(29)26-13-12-22-7-5-4-6-20(22)2/h4-9,18H,10-17H2,1-3H3,(H,26,29). The Labute approximate surface area is 196 Å². The third-order valence-corrected chi connectivity index (χ3v) is 8.14. The molecule has 0 unspecified atom stereocenters. The molecule has 178 valence electrons. The van der Waals surface area contributed by atoms with Crippen LogP contribution in [0.2, 0.25) is 0 Å². The Balaban J connectivity index is 1.43. The second-order valence-electron chi connectivity index (χ2n) is 8.58. The fourth-order valence-electron chi connectivity index (χ4n) is 4.00. The highest BCUT2D eigenvalue weighted by atomic mass is 32.2. The fraction of sp³-hybridized carbons (Fsp3) is 0.440. The summed E-state index contributed by atoms with van der Waals surface area (Å²) in [6.45, 7) is 7.41. The molecule has 8 heteroatoms. The van der Waals surface area contributed by atoms with Gasteiger partial charge in [-0.05, 0) is 55.5 Å². The van der Waals surface area contributed by atoms with Gasteiger partial charge in [-0.3, -0.25) is 9.59 Å². The Morgan fingerprint density at radius 2 is 1.61 bits per heavy atom. The van der Waals surface area contributed by atoms with Gasteiger partial charge in [-0.15, -0.1) is 0 Å². The number of hydrogen-bond donors (Lipinski definition) is 1. The molecule has 1 N–H and O–H groups in total. The van der Waals surface area contributed by atoms with Gasteiger partial charge in [0.25, 0.3) is 0 Å². The number of carbonyl (C=O) groups excluding carboxylic acids is 2. The zero-order chi connectivity index (χ0) is 24.0. The minimum absolute atomic E-state index is 0.118. The van der Waals surface area contributed by atoms with E-state index in [0.717, 1.165) is 12.0 Å². The number of aryl methyl sites for hydroxylation is 3. The minimum Gasteiger partial charge on any atom is -0.356 e. The number of sulfonamides is 1. The second kappa shape index (κ2) is 10.9. The highest BCUT2D eigenvalue weighted by Gasteiger charge is 2.31. The summed E-state index contributed by atoms with van der Waals surface area (Å²) in [6, 6.07) is 13.5. The smallest absolute Gasteiger partial charge is 0.243 e. The molecule has 7 nitrogen and oxygen atoms in total. The lowest BCUT2D eigenvalue weighted by Crippen LogP contribution is -2.50. The number of amides is 2. The van der Waals surface area contributed by atoms with Crippen molar-refractivity contribution in [2.75, 3.05) is 32.7 Å². The van der Waals surface area contributed by atoms with Crippen LogP contribution < -0.4 is 5.32 Å². The van der Waals surface area contributed by atoms with Crippen molar-refractivity contribution in [3.63, 3.8) is 0 Å². The average molecular weight is 472 g/mol. The van der Waals surface area contributed by atoms with E-state index < -0.39 is 10.0 Å². The number of benzene rings is 2. The molecule has 33 heavy (non-hydrogen) atoms. The lowest BCUT2D eigenvalue weighted by Gasteiger charge is -2.34. The fourth-order valence-corrected chi connectivity index (χ4v) is 5.73. The monoisotopic (exact) mass is 471 g/mol. The maximum Gasteiger partial charge on any atom is 0.243 e. The summed E-state index contributed by atoms with van der Waals surface area (Å²) in [4.78, 5) is 26.7. The predicted octanol–water partition coefficient (Wildman–Crippen LogP) is 2.58. The van der Waals surface area contributed by atoms with Crippen molar-refractivity contribution in [1.82, 2.24) is 14.5 Å². The van der Waals surface area contributed by atoms with Gasteiger partial charge >= 0.3 is 0 Å². The molecule has 1 aliphatic heterocycles. The van der Waals surface area contributed by atoms with Crippen LogP contribution in [0.1, 0.15) is 35.1 Å². The summed E-state index contributed by atoms with van der Waals surface area (Å²) < 4.78 is 27.5. The topological polar surface area (TPSA) is 86.8 Å². The van der Waals surface area contributed by atoms with Gasteiger partial charge in [-0.25, -0.2) is 8.42 Å². The van der Waals surface area contributed by atoms with Crippen LogP contribution in [0.25, 0.3) is 0 Å². The van der Waals surface area contributed by atoms with E-state index in [1.807, 2.05) is 50.2 Å². The van der Waals surface area contributed by atoms with Crippen LogP contribution in [0.4, 0.5) is 0 Å². The number of rotatable bonds is 8. The zero-order valence-electron chi connectivity index (χ0n) is 19.6. The molecule has 0 radical (unpaired) electrons. The van der Waals surface area contributed by atoms with Gasteiger partial charge in [-0.2, -0.15) is 4.31 Å². The van der Waals surface area contributed by atoms with E-state index in [4.69, 9.17) is 0 Å². The first kappa shape index (κ1) is 24.9. The van der Waals surface area contributed by atoms with E-state index in [1.165, 1.54) is 15.4 Å². The first-order valence-electron chi connectivity index (χ1n) is 11.3. The number of carbonyl (C=O) groups is 2. The summed E-state index contributed by atoms with van der Waals surface area (Å²) in [6.07, 6.45) is 1.01. The van der Waals surface area contributed by atoms with Gasteiger partial charge in [0.15, 0.2) is 0 Å². The summed E-state index contributed by atoms with van der Waals surface area (Å²) in [5, 5.41) is 2.87. The van der Waals surface area contributed by atoms with E-state index in [-0.39, 0.29) is 37.7 Å². The molecule has 2 amide bonds. The Hall–Kier alpha value is -2.71. The maximum absolute atomic E-state index is 13.0. The van der Waals surface area contributed by atoms with Gasteiger partial charge in [-0.1, -0.05) is 36.4 Å². The lowest BCUT2D eigenvalue weighted by atomic mass is 10.1. The van der Waals surface area contributed by atoms with Crippen LogP contribution in [0.15, 0.2) is 47.4 Å². The molecule has 0 bridgehead atoms. The van der Waals surface area contributed by atoms with Gasteiger partial charge in [0.2, 0.25) is 21.8 Å². The molecule has 0 saturated carbocycles. The van der Waals surface area contributed by atoms with Crippen LogP contribution in [-0.4, -0.2) is 62.2 Å². The number of nitrogens with zero attached hydrogens (tertiary/aromatic N) is 2. The van der Waals surface area contributed by atoms with Crippen LogP contribution in [0.5, 0.6) is 0 Å². The Morgan fingerprint density at radius 3 is 2.30 bits per heavy atom. The van der Waals surface area contributed by atoms with Crippen molar-refractivity contribution in [2.24, 2.45) is 0 Å². The third kappa shape index (κ3) is 6.42. The molecule has 0 aliphatic carbocycles. The lowest BCUT2D eigenvalue weighted by molar-refractivity contribution is -0.134. The van der Waals surface area contributed by atoms with E-state index in [9.17, 15) is 18.0 Å². The average Bonchev–Trinajstić information content (AvgIpc) is 2.80. The second-order valence-corrected chi connectivity index (χ2v) is 10.5. The van der Waals surface area contributed by atoms with Crippen LogP contribution in [-0.2, 0) is 26.0 Å². The van der Waals surface area contributed by atoms with Crippen molar-refractivity contribution in [2.45, 2.75) is 44.9 Å². The molecule has 1 fully saturated rings. The quantitative estimate of drug-likeness (QED) is 0.641. The molecule has 2 aromatic rings.